The summed E-state index contributed by atoms with van der Waals surface area (Å²) in [6.45, 7) is 2.17. The van der Waals surface area contributed by atoms with E-state index in [1.54, 1.807) is 30.3 Å². The van der Waals surface area contributed by atoms with Gasteiger partial charge in [0.05, 0.1) is 12.0 Å². The van der Waals surface area contributed by atoms with Gasteiger partial charge in [-0.15, -0.1) is 0 Å². The van der Waals surface area contributed by atoms with Crippen molar-refractivity contribution in [2.24, 2.45) is 11.0 Å². The van der Waals surface area contributed by atoms with Gasteiger partial charge >= 0.3 is 0 Å². The van der Waals surface area contributed by atoms with Crippen molar-refractivity contribution in [2.75, 3.05) is 11.8 Å². The third-order valence-corrected chi connectivity index (χ3v) is 6.19. The van der Waals surface area contributed by atoms with Crippen molar-refractivity contribution in [3.8, 4) is 5.75 Å². The maximum atomic E-state index is 12.7. The molecule has 0 heterocycles. The molecule has 2 N–H and O–H groups in total. The summed E-state index contributed by atoms with van der Waals surface area (Å²) >= 11 is 0. The Morgan fingerprint density at radius 1 is 1.17 bits per heavy atom. The predicted molar refractivity (Wildman–Crippen MR) is 113 cm³/mol. The van der Waals surface area contributed by atoms with Crippen molar-refractivity contribution in [3.63, 3.8) is 0 Å². The molecule has 0 saturated heterocycles. The Kier molecular flexibility index (Phi) is 6.53. The fourth-order valence-electron chi connectivity index (χ4n) is 3.23. The van der Waals surface area contributed by atoms with Crippen LogP contribution in [0.5, 0.6) is 5.75 Å². The molecule has 0 aromatic heterocycles. The molecule has 1 fully saturated rings. The lowest BCUT2D eigenvalue weighted by Crippen LogP contribution is -2.22. The van der Waals surface area contributed by atoms with Crippen LogP contribution < -0.4 is 14.9 Å². The lowest BCUT2D eigenvalue weighted by atomic mass is 9.89. The molecule has 29 heavy (non-hydrogen) atoms. The minimum atomic E-state index is -3.84. The lowest BCUT2D eigenvalue weighted by molar-refractivity contribution is 0.0954. The van der Waals surface area contributed by atoms with Gasteiger partial charge in [-0.2, -0.15) is 5.10 Å². The standard InChI is InChI=1S/C21H25N3O4S/c1-15-5-3-7-18(13-15)22-23-21(25)16-6-4-8-20(14-16)29(26,27)24-17-9-11-19(28-2)12-10-17/h4,6,8-12,14-15,24H,3,5,7,13H2,1-2H3,(H,23,25)/b22-18-/t15-/m0/s1. The first-order valence-electron chi connectivity index (χ1n) is 9.50. The number of carbonyl (C=O) groups excluding carboxylic acids is 1. The van der Waals surface area contributed by atoms with Crippen molar-refractivity contribution in [1.29, 1.82) is 0 Å². The number of nitrogens with one attached hydrogen (secondary N) is 2. The Morgan fingerprint density at radius 2 is 1.93 bits per heavy atom. The topological polar surface area (TPSA) is 96.9 Å². The van der Waals surface area contributed by atoms with Crippen LogP contribution in [0.1, 0.15) is 43.0 Å². The van der Waals surface area contributed by atoms with E-state index in [0.29, 0.717) is 17.4 Å². The van der Waals surface area contributed by atoms with E-state index in [-0.39, 0.29) is 10.5 Å². The van der Waals surface area contributed by atoms with Gasteiger partial charge in [0.1, 0.15) is 5.75 Å². The molecule has 8 heteroatoms. The summed E-state index contributed by atoms with van der Waals surface area (Å²) in [7, 11) is -2.30. The Hall–Kier alpha value is -2.87. The minimum Gasteiger partial charge on any atom is -0.497 e. The van der Waals surface area contributed by atoms with Gasteiger partial charge in [-0.05, 0) is 74.1 Å². The van der Waals surface area contributed by atoms with E-state index < -0.39 is 15.9 Å². The molecule has 0 bridgehead atoms. The number of benzene rings is 2. The SMILES string of the molecule is COc1ccc(NS(=O)(=O)c2cccc(C(=O)N/N=C3/CCC[C@H](C)C3)c2)cc1. The van der Waals surface area contributed by atoms with E-state index in [9.17, 15) is 13.2 Å². The van der Waals surface area contributed by atoms with Crippen LogP contribution in [0.3, 0.4) is 0 Å². The van der Waals surface area contributed by atoms with Crippen molar-refractivity contribution in [2.45, 2.75) is 37.5 Å². The Labute approximate surface area is 171 Å². The quantitative estimate of drug-likeness (QED) is 0.702. The highest BCUT2D eigenvalue weighted by Crippen LogP contribution is 2.22. The smallest absolute Gasteiger partial charge is 0.271 e. The molecule has 0 aliphatic heterocycles. The highest BCUT2D eigenvalue weighted by atomic mass is 32.2. The number of amides is 1. The number of methoxy groups -OCH3 is 1. The Morgan fingerprint density at radius 3 is 2.62 bits per heavy atom. The first-order valence-corrected chi connectivity index (χ1v) is 11.0. The number of rotatable bonds is 6. The average molecular weight is 416 g/mol. The number of nitrogens with zero attached hydrogens (tertiary/aromatic N) is 1. The third-order valence-electron chi connectivity index (χ3n) is 4.81. The van der Waals surface area contributed by atoms with Crippen molar-refractivity contribution < 1.29 is 17.9 Å². The van der Waals surface area contributed by atoms with Crippen LogP contribution in [0.15, 0.2) is 58.5 Å². The van der Waals surface area contributed by atoms with Gasteiger partial charge in [0.15, 0.2) is 0 Å². The fourth-order valence-corrected chi connectivity index (χ4v) is 4.34. The number of sulfonamides is 1. The molecule has 0 spiro atoms. The summed E-state index contributed by atoms with van der Waals surface area (Å²) in [6, 6.07) is 12.4. The van der Waals surface area contributed by atoms with Crippen molar-refractivity contribution in [1.82, 2.24) is 5.43 Å². The Bertz CT molecular complexity index is 1000. The van der Waals surface area contributed by atoms with Crippen LogP contribution in [0, 0.1) is 5.92 Å². The number of hydrazone groups is 1. The molecule has 0 radical (unpaired) electrons. The van der Waals surface area contributed by atoms with Gasteiger partial charge in [-0.1, -0.05) is 13.0 Å². The zero-order valence-corrected chi connectivity index (χ0v) is 17.3. The second-order valence-corrected chi connectivity index (χ2v) is 8.86. The molecule has 7 nitrogen and oxygen atoms in total. The predicted octanol–water partition coefficient (Wildman–Crippen LogP) is 3.79. The van der Waals surface area contributed by atoms with E-state index in [1.165, 1.54) is 31.7 Å². The summed E-state index contributed by atoms with van der Waals surface area (Å²) in [5, 5.41) is 4.23. The first kappa shape index (κ1) is 20.9. The van der Waals surface area contributed by atoms with Crippen LogP contribution in [-0.4, -0.2) is 27.1 Å². The highest BCUT2D eigenvalue weighted by molar-refractivity contribution is 7.92. The lowest BCUT2D eigenvalue weighted by Gasteiger charge is -2.18. The number of ether oxygens (including phenoxy) is 1. The van der Waals surface area contributed by atoms with Crippen molar-refractivity contribution in [3.05, 3.63) is 54.1 Å². The normalized spacial score (nSPS) is 18.3. The monoisotopic (exact) mass is 415 g/mol. The molecule has 3 rings (SSSR count). The zero-order valence-electron chi connectivity index (χ0n) is 16.5. The van der Waals surface area contributed by atoms with Gasteiger partial charge in [0.25, 0.3) is 15.9 Å². The van der Waals surface area contributed by atoms with E-state index in [4.69, 9.17) is 4.74 Å². The molecular formula is C21H25N3O4S. The number of carbonyl (C=O) groups is 1. The zero-order chi connectivity index (χ0) is 20.9. The van der Waals surface area contributed by atoms with Crippen molar-refractivity contribution >= 4 is 27.3 Å². The molecular weight excluding hydrogens is 390 g/mol. The number of hydrogen-bond acceptors (Lipinski definition) is 5. The van der Waals surface area contributed by atoms with E-state index in [0.717, 1.165) is 25.0 Å². The van der Waals surface area contributed by atoms with Gasteiger partial charge in [-0.25, -0.2) is 13.8 Å². The summed E-state index contributed by atoms with van der Waals surface area (Å²) in [6.07, 6.45) is 4.00. The molecule has 2 aromatic carbocycles. The maximum Gasteiger partial charge on any atom is 0.271 e. The summed E-state index contributed by atoms with van der Waals surface area (Å²) in [5.41, 5.74) is 4.16. The molecule has 1 aliphatic carbocycles. The molecule has 2 aromatic rings. The second-order valence-electron chi connectivity index (χ2n) is 7.18. The van der Waals surface area contributed by atoms with E-state index in [2.05, 4.69) is 22.2 Å². The minimum absolute atomic E-state index is 0.0000836. The average Bonchev–Trinajstić information content (AvgIpc) is 2.72. The molecule has 1 amide bonds. The fraction of sp³-hybridized carbons (Fsp3) is 0.333. The van der Waals surface area contributed by atoms with Crippen LogP contribution in [0.25, 0.3) is 0 Å². The largest absolute Gasteiger partial charge is 0.497 e. The number of hydrogen-bond donors (Lipinski definition) is 2. The Balaban J connectivity index is 1.71. The van der Waals surface area contributed by atoms with Crippen LogP contribution in [-0.2, 0) is 10.0 Å². The van der Waals surface area contributed by atoms with Gasteiger partial charge in [0, 0.05) is 17.0 Å². The molecule has 0 unspecified atom stereocenters. The van der Waals surface area contributed by atoms with Gasteiger partial charge in [0.2, 0.25) is 0 Å². The second kappa shape index (κ2) is 9.09. The molecule has 154 valence electrons. The van der Waals surface area contributed by atoms with Crippen LogP contribution in [0.4, 0.5) is 5.69 Å². The molecule has 1 atom stereocenters. The number of anilines is 1. The maximum absolute atomic E-state index is 12.7. The third kappa shape index (κ3) is 5.57. The summed E-state index contributed by atoms with van der Waals surface area (Å²) in [5.74, 6) is 0.759. The first-order chi connectivity index (χ1) is 13.9. The molecule has 1 aliphatic rings. The molecule has 1 saturated carbocycles. The van der Waals surface area contributed by atoms with Gasteiger partial charge in [-0.3, -0.25) is 9.52 Å². The summed E-state index contributed by atoms with van der Waals surface area (Å²) in [4.78, 5) is 12.4. The van der Waals surface area contributed by atoms with Gasteiger partial charge < -0.3 is 4.74 Å². The van der Waals surface area contributed by atoms with Crippen LogP contribution in [0.2, 0.25) is 0 Å². The van der Waals surface area contributed by atoms with E-state index >= 15 is 0 Å². The summed E-state index contributed by atoms with van der Waals surface area (Å²) < 4.78 is 32.9. The van der Waals surface area contributed by atoms with E-state index in [1.807, 2.05) is 0 Å². The van der Waals surface area contributed by atoms with Crippen LogP contribution >= 0.6 is 0 Å². The highest BCUT2D eigenvalue weighted by Gasteiger charge is 2.18.